The fourth-order valence-corrected chi connectivity index (χ4v) is 2.65. The van der Waals surface area contributed by atoms with Crippen LogP contribution in [0.2, 0.25) is 10.0 Å². The van der Waals surface area contributed by atoms with Crippen molar-refractivity contribution in [3.05, 3.63) is 33.6 Å². The summed E-state index contributed by atoms with van der Waals surface area (Å²) in [7, 11) is 0. The van der Waals surface area contributed by atoms with Crippen molar-refractivity contribution in [3.8, 4) is 0 Å². The molecule has 1 N–H and O–H groups in total. The lowest BCUT2D eigenvalue weighted by atomic mass is 10.1. The van der Waals surface area contributed by atoms with Crippen molar-refractivity contribution in [2.24, 2.45) is 0 Å². The molecule has 0 bridgehead atoms. The van der Waals surface area contributed by atoms with Gasteiger partial charge in [-0.3, -0.25) is 9.69 Å². The SMILES string of the molecule is C[C@H](C(=O)O)N1CCO[C@@H](c2cc(F)c(Cl)cc2Cl)C1. The zero-order valence-electron chi connectivity index (χ0n) is 10.8. The van der Waals surface area contributed by atoms with E-state index in [1.807, 2.05) is 0 Å². The first-order valence-electron chi connectivity index (χ1n) is 6.13. The highest BCUT2D eigenvalue weighted by Crippen LogP contribution is 2.32. The highest BCUT2D eigenvalue weighted by Gasteiger charge is 2.30. The summed E-state index contributed by atoms with van der Waals surface area (Å²) in [5.74, 6) is -1.47. The predicted molar refractivity (Wildman–Crippen MR) is 73.8 cm³/mol. The molecule has 1 heterocycles. The van der Waals surface area contributed by atoms with Gasteiger partial charge in [-0.1, -0.05) is 23.2 Å². The Kier molecular flexibility index (Phi) is 4.86. The summed E-state index contributed by atoms with van der Waals surface area (Å²) >= 11 is 11.7. The van der Waals surface area contributed by atoms with E-state index >= 15 is 0 Å². The van der Waals surface area contributed by atoms with Gasteiger partial charge in [0.25, 0.3) is 0 Å². The average molecular weight is 322 g/mol. The van der Waals surface area contributed by atoms with E-state index in [0.717, 1.165) is 0 Å². The Balaban J connectivity index is 2.21. The van der Waals surface area contributed by atoms with Crippen LogP contribution < -0.4 is 0 Å². The van der Waals surface area contributed by atoms with Crippen LogP contribution in [0, 0.1) is 5.82 Å². The van der Waals surface area contributed by atoms with E-state index in [-0.39, 0.29) is 5.02 Å². The quantitative estimate of drug-likeness (QED) is 0.869. The van der Waals surface area contributed by atoms with Crippen molar-refractivity contribution in [1.29, 1.82) is 0 Å². The van der Waals surface area contributed by atoms with Gasteiger partial charge >= 0.3 is 5.97 Å². The number of aliphatic carboxylic acids is 1. The molecule has 0 aliphatic carbocycles. The lowest BCUT2D eigenvalue weighted by Gasteiger charge is -2.35. The molecule has 0 unspecified atom stereocenters. The van der Waals surface area contributed by atoms with Gasteiger partial charge in [-0.15, -0.1) is 0 Å². The van der Waals surface area contributed by atoms with Crippen molar-refractivity contribution < 1.29 is 19.0 Å². The third kappa shape index (κ3) is 3.23. The third-order valence-corrected chi connectivity index (χ3v) is 4.01. The first-order valence-corrected chi connectivity index (χ1v) is 6.88. The van der Waals surface area contributed by atoms with E-state index in [9.17, 15) is 9.18 Å². The summed E-state index contributed by atoms with van der Waals surface area (Å²) in [5.41, 5.74) is 0.482. The first kappa shape index (κ1) is 15.5. The van der Waals surface area contributed by atoms with Crippen molar-refractivity contribution >= 4 is 29.2 Å². The second-order valence-corrected chi connectivity index (χ2v) is 5.47. The van der Waals surface area contributed by atoms with Crippen LogP contribution >= 0.6 is 23.2 Å². The second kappa shape index (κ2) is 6.26. The minimum absolute atomic E-state index is 0.0506. The number of carboxylic acid groups (broad SMARTS) is 1. The van der Waals surface area contributed by atoms with E-state index in [1.165, 1.54) is 12.1 Å². The van der Waals surface area contributed by atoms with E-state index in [4.69, 9.17) is 33.0 Å². The van der Waals surface area contributed by atoms with Crippen LogP contribution in [0.5, 0.6) is 0 Å². The van der Waals surface area contributed by atoms with Crippen LogP contribution in [0.15, 0.2) is 12.1 Å². The van der Waals surface area contributed by atoms with Crippen molar-refractivity contribution in [2.75, 3.05) is 19.7 Å². The molecule has 0 radical (unpaired) electrons. The predicted octanol–water partition coefficient (Wildman–Crippen LogP) is 2.98. The highest BCUT2D eigenvalue weighted by atomic mass is 35.5. The van der Waals surface area contributed by atoms with Crippen LogP contribution in [0.4, 0.5) is 4.39 Å². The van der Waals surface area contributed by atoms with Crippen LogP contribution in [-0.4, -0.2) is 41.7 Å². The number of morpholine rings is 1. The number of rotatable bonds is 3. The molecule has 1 aliphatic heterocycles. The zero-order valence-corrected chi connectivity index (χ0v) is 12.3. The molecular weight excluding hydrogens is 308 g/mol. The summed E-state index contributed by atoms with van der Waals surface area (Å²) < 4.78 is 19.1. The average Bonchev–Trinajstić information content (AvgIpc) is 2.42. The van der Waals surface area contributed by atoms with Crippen molar-refractivity contribution in [1.82, 2.24) is 4.90 Å². The number of hydrogen-bond acceptors (Lipinski definition) is 3. The topological polar surface area (TPSA) is 49.8 Å². The van der Waals surface area contributed by atoms with Gasteiger partial charge in [0.05, 0.1) is 17.7 Å². The number of benzene rings is 1. The standard InChI is InChI=1S/C13H14Cl2FNO3/c1-7(13(18)19)17-2-3-20-12(6-17)8-4-11(16)10(15)5-9(8)14/h4-5,7,12H,2-3,6H2,1H3,(H,18,19)/t7-,12-/m1/s1. The molecule has 0 saturated carbocycles. The Morgan fingerprint density at radius 2 is 2.20 bits per heavy atom. The third-order valence-electron chi connectivity index (χ3n) is 3.39. The van der Waals surface area contributed by atoms with Crippen LogP contribution in [0.1, 0.15) is 18.6 Å². The minimum Gasteiger partial charge on any atom is -0.480 e. The molecule has 2 rings (SSSR count). The molecule has 7 heteroatoms. The largest absolute Gasteiger partial charge is 0.480 e. The van der Waals surface area contributed by atoms with Crippen LogP contribution in [-0.2, 0) is 9.53 Å². The smallest absolute Gasteiger partial charge is 0.320 e. The maximum atomic E-state index is 13.5. The molecule has 0 amide bonds. The maximum absolute atomic E-state index is 13.5. The molecule has 1 aromatic carbocycles. The minimum atomic E-state index is -0.904. The van der Waals surface area contributed by atoms with E-state index in [2.05, 4.69) is 0 Å². The highest BCUT2D eigenvalue weighted by molar-refractivity contribution is 6.35. The molecule has 1 fully saturated rings. The van der Waals surface area contributed by atoms with Gasteiger partial charge < -0.3 is 9.84 Å². The number of ether oxygens (including phenoxy) is 1. The molecular formula is C13H14Cl2FNO3. The molecule has 0 spiro atoms. The van der Waals surface area contributed by atoms with Gasteiger partial charge in [0.2, 0.25) is 0 Å². The first-order chi connectivity index (χ1) is 9.40. The fourth-order valence-electron chi connectivity index (χ4n) is 2.15. The summed E-state index contributed by atoms with van der Waals surface area (Å²) in [6.07, 6.45) is -0.468. The van der Waals surface area contributed by atoms with E-state index < -0.39 is 23.9 Å². The van der Waals surface area contributed by atoms with Gasteiger partial charge in [0.1, 0.15) is 11.9 Å². The molecule has 4 nitrogen and oxygen atoms in total. The summed E-state index contributed by atoms with van der Waals surface area (Å²) in [5, 5.41) is 9.30. The number of carboxylic acids is 1. The van der Waals surface area contributed by atoms with Gasteiger partial charge in [-0.2, -0.15) is 0 Å². The Hall–Kier alpha value is -0.880. The monoisotopic (exact) mass is 321 g/mol. The number of nitrogens with zero attached hydrogens (tertiary/aromatic N) is 1. The van der Waals surface area contributed by atoms with E-state index in [0.29, 0.717) is 30.3 Å². The van der Waals surface area contributed by atoms with E-state index in [1.54, 1.807) is 11.8 Å². The van der Waals surface area contributed by atoms with Crippen LogP contribution in [0.25, 0.3) is 0 Å². The lowest BCUT2D eigenvalue weighted by Crippen LogP contribution is -2.46. The molecule has 0 aromatic heterocycles. The molecule has 1 saturated heterocycles. The second-order valence-electron chi connectivity index (χ2n) is 4.66. The molecule has 110 valence electrons. The molecule has 2 atom stereocenters. The summed E-state index contributed by atoms with van der Waals surface area (Å²) in [4.78, 5) is 12.8. The Bertz CT molecular complexity index is 527. The molecule has 1 aromatic rings. The lowest BCUT2D eigenvalue weighted by molar-refractivity contribution is -0.145. The summed E-state index contributed by atoms with van der Waals surface area (Å²) in [6, 6.07) is 1.94. The van der Waals surface area contributed by atoms with Crippen molar-refractivity contribution in [3.63, 3.8) is 0 Å². The Morgan fingerprint density at radius 1 is 1.50 bits per heavy atom. The normalized spacial score (nSPS) is 21.7. The maximum Gasteiger partial charge on any atom is 0.320 e. The van der Waals surface area contributed by atoms with Gasteiger partial charge in [0, 0.05) is 23.7 Å². The summed E-state index contributed by atoms with van der Waals surface area (Å²) in [6.45, 7) is 2.82. The fraction of sp³-hybridized carbons (Fsp3) is 0.462. The Morgan fingerprint density at radius 3 is 2.85 bits per heavy atom. The van der Waals surface area contributed by atoms with Crippen molar-refractivity contribution in [2.45, 2.75) is 19.1 Å². The number of halogens is 3. The molecule has 20 heavy (non-hydrogen) atoms. The molecule has 1 aliphatic rings. The zero-order chi connectivity index (χ0) is 14.9. The number of carbonyl (C=O) groups is 1. The van der Waals surface area contributed by atoms with Crippen LogP contribution in [0.3, 0.4) is 0 Å². The van der Waals surface area contributed by atoms with Gasteiger partial charge in [-0.25, -0.2) is 4.39 Å². The van der Waals surface area contributed by atoms with Gasteiger partial charge in [-0.05, 0) is 19.1 Å². The Labute approximate surface area is 126 Å². The van der Waals surface area contributed by atoms with Gasteiger partial charge in [0.15, 0.2) is 0 Å². The number of hydrogen-bond donors (Lipinski definition) is 1.